The molecule has 0 radical (unpaired) electrons. The van der Waals surface area contributed by atoms with Gasteiger partial charge in [0.05, 0.1) is 0 Å². The molecule has 0 aliphatic carbocycles. The van der Waals surface area contributed by atoms with Crippen LogP contribution in [0.2, 0.25) is 0 Å². The minimum atomic E-state index is -0.285. The van der Waals surface area contributed by atoms with E-state index in [0.717, 1.165) is 0 Å². The molecule has 0 saturated carbocycles. The van der Waals surface area contributed by atoms with Crippen molar-refractivity contribution in [1.29, 1.82) is 0 Å². The summed E-state index contributed by atoms with van der Waals surface area (Å²) in [6.45, 7) is 0. The molecule has 7 heavy (non-hydrogen) atoms. The zero-order valence-electron chi connectivity index (χ0n) is 3.57. The monoisotopic (exact) mass is 179 g/mol. The Morgan fingerprint density at radius 2 is 2.43 bits per heavy atom. The fourth-order valence-corrected chi connectivity index (χ4v) is 0.841. The Kier molecular flexibility index (Phi) is 1.28. The summed E-state index contributed by atoms with van der Waals surface area (Å²) >= 11 is 6.50. The van der Waals surface area contributed by atoms with E-state index in [0.29, 0.717) is 0 Å². The van der Waals surface area contributed by atoms with Crippen molar-refractivity contribution in [3.63, 3.8) is 0 Å². The summed E-state index contributed by atoms with van der Waals surface area (Å²) in [5.74, 6) is 0. The molecule has 1 aliphatic heterocycles. The van der Waals surface area contributed by atoms with Crippen molar-refractivity contribution in [2.24, 2.45) is 4.99 Å². The van der Waals surface area contributed by atoms with Crippen LogP contribution in [0.5, 0.6) is 0 Å². The van der Waals surface area contributed by atoms with Gasteiger partial charge in [0.1, 0.15) is 0 Å². The van der Waals surface area contributed by atoms with E-state index in [-0.39, 0.29) is 3.77 Å². The van der Waals surface area contributed by atoms with E-state index in [1.54, 1.807) is 6.21 Å². The van der Waals surface area contributed by atoms with Gasteiger partial charge in [0, 0.05) is 0 Å². The number of thiol groups is 1. The summed E-state index contributed by atoms with van der Waals surface area (Å²) in [4.78, 5) is 3.97. The van der Waals surface area contributed by atoms with Crippen LogP contribution in [0.15, 0.2) is 17.1 Å². The molecule has 0 amide bonds. The van der Waals surface area contributed by atoms with Crippen LogP contribution in [-0.2, 0) is 0 Å². The predicted molar refractivity (Wildman–Crippen MR) is 36.5 cm³/mol. The van der Waals surface area contributed by atoms with E-state index in [9.17, 15) is 0 Å². The van der Waals surface area contributed by atoms with Crippen molar-refractivity contribution in [2.45, 2.75) is 3.77 Å². The van der Waals surface area contributed by atoms with Crippen molar-refractivity contribution >= 4 is 34.9 Å². The maximum absolute atomic E-state index is 4.14. The van der Waals surface area contributed by atoms with Crippen LogP contribution < -0.4 is 0 Å². The first kappa shape index (κ1) is 5.42. The summed E-state index contributed by atoms with van der Waals surface area (Å²) in [5, 5.41) is 0. The Balaban J connectivity index is 2.77. The van der Waals surface area contributed by atoms with E-state index < -0.39 is 0 Å². The Labute approximate surface area is 56.1 Å². The zero-order chi connectivity index (χ0) is 5.33. The first-order chi connectivity index (χ1) is 3.21. The first-order valence-corrected chi connectivity index (χ1v) is 3.27. The van der Waals surface area contributed by atoms with Gasteiger partial charge in [0.15, 0.2) is 0 Å². The van der Waals surface area contributed by atoms with Crippen LogP contribution in [0.25, 0.3) is 0 Å². The molecule has 1 heterocycles. The first-order valence-electron chi connectivity index (χ1n) is 1.88. The molecule has 0 saturated heterocycles. The van der Waals surface area contributed by atoms with Gasteiger partial charge in [-0.15, -0.1) is 0 Å². The topological polar surface area (TPSA) is 12.4 Å². The second kappa shape index (κ2) is 1.66. The van der Waals surface area contributed by atoms with Gasteiger partial charge < -0.3 is 0 Å². The standard InChI is InChI=1S/C4H5NSSe/c6-4(7)2-1-3-5-4/h1-3,6-7H. The number of allylic oxidation sites excluding steroid dienone is 1. The quantitative estimate of drug-likeness (QED) is 0.399. The van der Waals surface area contributed by atoms with E-state index >= 15 is 0 Å². The number of hydrogen-bond donors (Lipinski definition) is 1. The number of rotatable bonds is 0. The number of hydrogen-bond acceptors (Lipinski definition) is 2. The van der Waals surface area contributed by atoms with Crippen LogP contribution in [0.4, 0.5) is 0 Å². The zero-order valence-corrected chi connectivity index (χ0v) is 6.34. The molecule has 1 atom stereocenters. The van der Waals surface area contributed by atoms with Gasteiger partial charge >= 0.3 is 55.8 Å². The fraction of sp³-hybridized carbons (Fsp3) is 0.250. The molecule has 0 aromatic rings. The summed E-state index contributed by atoms with van der Waals surface area (Å²) in [6, 6.07) is 0. The Morgan fingerprint density at radius 1 is 1.71 bits per heavy atom. The molecule has 3 heteroatoms. The van der Waals surface area contributed by atoms with Gasteiger partial charge in [0.25, 0.3) is 0 Å². The molecular formula is C4H5NSSe. The molecule has 0 spiro atoms. The molecule has 0 aromatic heterocycles. The third-order valence-electron chi connectivity index (χ3n) is 0.670. The summed E-state index contributed by atoms with van der Waals surface area (Å²) in [5.41, 5.74) is 0. The molecule has 1 aliphatic rings. The van der Waals surface area contributed by atoms with E-state index in [4.69, 9.17) is 0 Å². The van der Waals surface area contributed by atoms with Crippen molar-refractivity contribution in [1.82, 2.24) is 0 Å². The van der Waals surface area contributed by atoms with Crippen molar-refractivity contribution in [3.05, 3.63) is 12.2 Å². The van der Waals surface area contributed by atoms with Crippen LogP contribution >= 0.6 is 12.6 Å². The molecule has 38 valence electrons. The molecule has 0 N–H and O–H groups in total. The van der Waals surface area contributed by atoms with Crippen LogP contribution in [0, 0.1) is 0 Å². The van der Waals surface area contributed by atoms with Crippen LogP contribution in [0.3, 0.4) is 0 Å². The number of aliphatic imine (C=N–C) groups is 1. The second-order valence-corrected chi connectivity index (χ2v) is 4.20. The van der Waals surface area contributed by atoms with Gasteiger partial charge in [-0.05, 0) is 0 Å². The third-order valence-corrected chi connectivity index (χ3v) is 1.49. The Bertz CT molecular complexity index is 114. The Hall–Kier alpha value is 0.279. The molecule has 0 fully saturated rings. The van der Waals surface area contributed by atoms with Crippen molar-refractivity contribution in [2.75, 3.05) is 0 Å². The third kappa shape index (κ3) is 1.34. The van der Waals surface area contributed by atoms with Crippen molar-refractivity contribution < 1.29 is 0 Å². The average molecular weight is 178 g/mol. The number of nitrogens with zero attached hydrogens (tertiary/aromatic N) is 1. The minimum absolute atomic E-state index is 0.285. The summed E-state index contributed by atoms with van der Waals surface area (Å²) < 4.78 is -0.285. The predicted octanol–water partition coefficient (Wildman–Crippen LogP) is 0.111. The van der Waals surface area contributed by atoms with Gasteiger partial charge in [-0.3, -0.25) is 0 Å². The van der Waals surface area contributed by atoms with E-state index in [1.807, 2.05) is 12.2 Å². The van der Waals surface area contributed by atoms with Gasteiger partial charge in [0.2, 0.25) is 0 Å². The van der Waals surface area contributed by atoms with Crippen LogP contribution in [0.1, 0.15) is 0 Å². The van der Waals surface area contributed by atoms with Gasteiger partial charge in [-0.2, -0.15) is 0 Å². The van der Waals surface area contributed by atoms with E-state index in [1.165, 1.54) is 0 Å². The normalized spacial score (nSPS) is 37.4. The Morgan fingerprint density at radius 3 is 2.57 bits per heavy atom. The second-order valence-electron chi connectivity index (χ2n) is 1.32. The van der Waals surface area contributed by atoms with Gasteiger partial charge in [-0.25, -0.2) is 0 Å². The molecule has 0 aromatic carbocycles. The molecule has 0 bridgehead atoms. The van der Waals surface area contributed by atoms with Gasteiger partial charge in [-0.1, -0.05) is 0 Å². The average Bonchev–Trinajstić information content (AvgIpc) is 1.84. The molecule has 1 unspecified atom stereocenters. The van der Waals surface area contributed by atoms with Crippen LogP contribution in [-0.4, -0.2) is 26.0 Å². The molecular weight excluding hydrogens is 173 g/mol. The van der Waals surface area contributed by atoms with E-state index in [2.05, 4.69) is 33.6 Å². The fourth-order valence-electron chi connectivity index (χ4n) is 0.368. The molecule has 1 nitrogen and oxygen atoms in total. The summed E-state index contributed by atoms with van der Waals surface area (Å²) in [6.07, 6.45) is 5.53. The molecule has 1 rings (SSSR count). The van der Waals surface area contributed by atoms with Crippen molar-refractivity contribution in [3.8, 4) is 0 Å². The SMILES string of the molecule is SC1([SeH])C=CC=N1. The summed E-state index contributed by atoms with van der Waals surface area (Å²) in [7, 11) is 0. The maximum atomic E-state index is 4.14.